The first kappa shape index (κ1) is 17.5. The van der Waals surface area contributed by atoms with Crippen molar-refractivity contribution in [1.82, 2.24) is 19.8 Å². The summed E-state index contributed by atoms with van der Waals surface area (Å²) in [7, 11) is 0. The first-order valence-electron chi connectivity index (χ1n) is 8.94. The molecule has 0 radical (unpaired) electrons. The third-order valence-electron chi connectivity index (χ3n) is 4.43. The first-order chi connectivity index (χ1) is 12.3. The lowest BCUT2D eigenvalue weighted by Gasteiger charge is -2.34. The van der Waals surface area contributed by atoms with Gasteiger partial charge in [0.25, 0.3) is 0 Å². The fourth-order valence-electron chi connectivity index (χ4n) is 2.98. The van der Waals surface area contributed by atoms with E-state index in [1.54, 1.807) is 6.20 Å². The molecule has 2 amide bonds. The molecule has 1 fully saturated rings. The fraction of sp³-hybridized carbons (Fsp3) is 0.556. The van der Waals surface area contributed by atoms with Gasteiger partial charge in [-0.2, -0.15) is 0 Å². The maximum absolute atomic E-state index is 12.6. The Hall–Kier alpha value is -2.28. The van der Waals surface area contributed by atoms with E-state index in [9.17, 15) is 4.79 Å². The largest absolute Gasteiger partial charge is 0.464 e. The number of ether oxygens (including phenoxy) is 1. The Morgan fingerprint density at radius 2 is 2.32 bits per heavy atom. The van der Waals surface area contributed by atoms with E-state index in [-0.39, 0.29) is 12.1 Å². The molecular weight excluding hydrogens is 320 g/mol. The normalized spacial score (nSPS) is 17.6. The summed E-state index contributed by atoms with van der Waals surface area (Å²) in [5.74, 6) is 1.73. The van der Waals surface area contributed by atoms with Crippen molar-refractivity contribution >= 4 is 6.03 Å². The summed E-state index contributed by atoms with van der Waals surface area (Å²) in [5, 5.41) is 3.02. The van der Waals surface area contributed by atoms with Gasteiger partial charge in [-0.05, 0) is 25.0 Å². The van der Waals surface area contributed by atoms with E-state index in [0.29, 0.717) is 26.3 Å². The number of rotatable bonds is 7. The van der Waals surface area contributed by atoms with Crippen LogP contribution in [0.15, 0.2) is 35.3 Å². The van der Waals surface area contributed by atoms with Crippen LogP contribution in [0.5, 0.6) is 0 Å². The highest BCUT2D eigenvalue weighted by atomic mass is 16.5. The highest BCUT2D eigenvalue weighted by Crippen LogP contribution is 2.26. The van der Waals surface area contributed by atoms with Gasteiger partial charge in [0.1, 0.15) is 17.6 Å². The van der Waals surface area contributed by atoms with Crippen molar-refractivity contribution in [2.75, 3.05) is 26.3 Å². The SMILES string of the molecule is CCc1ccc([C@H]2COCCN2C(=O)NCCCCn2ccnc2)o1. The van der Waals surface area contributed by atoms with E-state index < -0.39 is 0 Å². The lowest BCUT2D eigenvalue weighted by atomic mass is 10.2. The van der Waals surface area contributed by atoms with Crippen LogP contribution in [0, 0.1) is 0 Å². The van der Waals surface area contributed by atoms with Crippen LogP contribution in [0.25, 0.3) is 0 Å². The van der Waals surface area contributed by atoms with Crippen LogP contribution in [0.1, 0.15) is 37.3 Å². The molecule has 1 N–H and O–H groups in total. The molecule has 3 rings (SSSR count). The Bertz CT molecular complexity index is 653. The number of aromatic nitrogens is 2. The minimum Gasteiger partial charge on any atom is -0.464 e. The van der Waals surface area contributed by atoms with E-state index >= 15 is 0 Å². The zero-order chi connectivity index (χ0) is 17.5. The van der Waals surface area contributed by atoms with Crippen molar-refractivity contribution in [3.63, 3.8) is 0 Å². The molecule has 1 atom stereocenters. The molecule has 0 bridgehead atoms. The van der Waals surface area contributed by atoms with Crippen molar-refractivity contribution in [3.05, 3.63) is 42.4 Å². The zero-order valence-corrected chi connectivity index (χ0v) is 14.7. The van der Waals surface area contributed by atoms with E-state index in [1.165, 1.54) is 0 Å². The molecule has 7 nitrogen and oxygen atoms in total. The molecule has 3 heterocycles. The number of hydrogen-bond acceptors (Lipinski definition) is 4. The van der Waals surface area contributed by atoms with E-state index in [4.69, 9.17) is 9.15 Å². The number of hydrogen-bond donors (Lipinski definition) is 1. The van der Waals surface area contributed by atoms with Gasteiger partial charge >= 0.3 is 6.03 Å². The minimum atomic E-state index is -0.153. The number of nitrogens with one attached hydrogen (secondary N) is 1. The quantitative estimate of drug-likeness (QED) is 0.782. The van der Waals surface area contributed by atoms with Gasteiger partial charge in [0, 0.05) is 38.4 Å². The maximum Gasteiger partial charge on any atom is 0.318 e. The third kappa shape index (κ3) is 4.63. The second-order valence-electron chi connectivity index (χ2n) is 6.18. The molecule has 1 aliphatic rings. The van der Waals surface area contributed by atoms with Gasteiger partial charge in [-0.15, -0.1) is 0 Å². The topological polar surface area (TPSA) is 72.5 Å². The number of amides is 2. The van der Waals surface area contributed by atoms with Gasteiger partial charge in [0.2, 0.25) is 0 Å². The average molecular weight is 346 g/mol. The number of furan rings is 1. The standard InChI is InChI=1S/C18H26N4O3/c1-2-15-5-6-17(25-15)16-13-24-12-11-22(16)18(23)20-7-3-4-9-21-10-8-19-14-21/h5-6,8,10,14,16H,2-4,7,9,11-13H2,1H3,(H,20,23)/t16-/m1/s1. The minimum absolute atomic E-state index is 0.0506. The van der Waals surface area contributed by atoms with Crippen molar-refractivity contribution in [3.8, 4) is 0 Å². The molecule has 0 saturated carbocycles. The predicted molar refractivity (Wildman–Crippen MR) is 93.2 cm³/mol. The Morgan fingerprint density at radius 3 is 3.08 bits per heavy atom. The Balaban J connectivity index is 1.47. The van der Waals surface area contributed by atoms with Crippen LogP contribution in [-0.2, 0) is 17.7 Å². The number of urea groups is 1. The van der Waals surface area contributed by atoms with Gasteiger partial charge in [-0.3, -0.25) is 0 Å². The van der Waals surface area contributed by atoms with Gasteiger partial charge < -0.3 is 23.9 Å². The summed E-state index contributed by atoms with van der Waals surface area (Å²) in [5.41, 5.74) is 0. The van der Waals surface area contributed by atoms with Gasteiger partial charge in [-0.25, -0.2) is 9.78 Å². The van der Waals surface area contributed by atoms with E-state index in [1.807, 2.05) is 41.0 Å². The molecular formula is C18H26N4O3. The highest BCUT2D eigenvalue weighted by Gasteiger charge is 2.30. The first-order valence-corrected chi connectivity index (χ1v) is 8.94. The molecule has 1 saturated heterocycles. The number of carbonyl (C=O) groups excluding carboxylic acids is 1. The second-order valence-corrected chi connectivity index (χ2v) is 6.18. The summed E-state index contributed by atoms with van der Waals surface area (Å²) in [6.07, 6.45) is 8.31. The van der Waals surface area contributed by atoms with E-state index in [2.05, 4.69) is 10.3 Å². The molecule has 2 aromatic rings. The summed E-state index contributed by atoms with van der Waals surface area (Å²) in [4.78, 5) is 18.4. The summed E-state index contributed by atoms with van der Waals surface area (Å²) >= 11 is 0. The summed E-state index contributed by atoms with van der Waals surface area (Å²) in [6, 6.07) is 3.71. The van der Waals surface area contributed by atoms with Gasteiger partial charge in [0.15, 0.2) is 0 Å². The third-order valence-corrected chi connectivity index (χ3v) is 4.43. The Morgan fingerprint density at radius 1 is 1.40 bits per heavy atom. The van der Waals surface area contributed by atoms with Crippen molar-refractivity contribution < 1.29 is 13.9 Å². The number of nitrogens with zero attached hydrogens (tertiary/aromatic N) is 3. The number of unbranched alkanes of at least 4 members (excludes halogenated alkanes) is 1. The molecule has 0 aliphatic carbocycles. The summed E-state index contributed by atoms with van der Waals surface area (Å²) < 4.78 is 13.4. The maximum atomic E-state index is 12.6. The molecule has 2 aromatic heterocycles. The summed E-state index contributed by atoms with van der Waals surface area (Å²) in [6.45, 7) is 5.25. The smallest absolute Gasteiger partial charge is 0.318 e. The molecule has 0 unspecified atom stereocenters. The van der Waals surface area contributed by atoms with Crippen LogP contribution in [0.3, 0.4) is 0 Å². The second kappa shape index (κ2) is 8.71. The number of morpholine rings is 1. The van der Waals surface area contributed by atoms with Crippen LogP contribution >= 0.6 is 0 Å². The number of imidazole rings is 1. The van der Waals surface area contributed by atoms with Crippen molar-refractivity contribution in [1.29, 1.82) is 0 Å². The molecule has 25 heavy (non-hydrogen) atoms. The van der Waals surface area contributed by atoms with Gasteiger partial charge in [0.05, 0.1) is 19.5 Å². The van der Waals surface area contributed by atoms with E-state index in [0.717, 1.165) is 37.3 Å². The van der Waals surface area contributed by atoms with Crippen LogP contribution < -0.4 is 5.32 Å². The lowest BCUT2D eigenvalue weighted by Crippen LogP contribution is -2.48. The lowest BCUT2D eigenvalue weighted by molar-refractivity contribution is 0.00401. The number of carbonyl (C=O) groups is 1. The zero-order valence-electron chi connectivity index (χ0n) is 14.7. The van der Waals surface area contributed by atoms with Crippen LogP contribution in [-0.4, -0.2) is 46.8 Å². The Kier molecular flexibility index (Phi) is 6.11. The molecule has 0 aromatic carbocycles. The Labute approximate surface area is 148 Å². The van der Waals surface area contributed by atoms with Crippen LogP contribution in [0.2, 0.25) is 0 Å². The number of aryl methyl sites for hydroxylation is 2. The van der Waals surface area contributed by atoms with Crippen LogP contribution in [0.4, 0.5) is 4.79 Å². The molecule has 0 spiro atoms. The fourth-order valence-corrected chi connectivity index (χ4v) is 2.98. The molecule has 1 aliphatic heterocycles. The highest BCUT2D eigenvalue weighted by molar-refractivity contribution is 5.74. The van der Waals surface area contributed by atoms with Gasteiger partial charge in [-0.1, -0.05) is 6.92 Å². The molecule has 136 valence electrons. The average Bonchev–Trinajstić information content (AvgIpc) is 3.33. The van der Waals surface area contributed by atoms with Crippen molar-refractivity contribution in [2.24, 2.45) is 0 Å². The monoisotopic (exact) mass is 346 g/mol. The predicted octanol–water partition coefficient (Wildman–Crippen LogP) is 2.60. The molecule has 7 heteroatoms. The van der Waals surface area contributed by atoms with Crippen molar-refractivity contribution in [2.45, 2.75) is 38.8 Å².